The van der Waals surface area contributed by atoms with Gasteiger partial charge >= 0.3 is 7.71 Å². The number of hydrogen-bond donors (Lipinski definition) is 0. The van der Waals surface area contributed by atoms with Crippen molar-refractivity contribution in [1.82, 2.24) is 0 Å². The summed E-state index contributed by atoms with van der Waals surface area (Å²) in [5, 5.41) is 0. The molecule has 2 aromatic rings. The highest BCUT2D eigenvalue weighted by Crippen LogP contribution is 2.48. The minimum absolute atomic E-state index is 0.340. The zero-order valence-electron chi connectivity index (χ0n) is 22.9. The Balaban J connectivity index is 2.43. The van der Waals surface area contributed by atoms with E-state index in [0.717, 1.165) is 11.4 Å². The van der Waals surface area contributed by atoms with E-state index in [1.165, 1.54) is 33.6 Å². The zero-order valence-corrected chi connectivity index (χ0v) is 25.4. The predicted molar refractivity (Wildman–Crippen MR) is 159 cm³/mol. The number of alkyl halides is 1. The van der Waals surface area contributed by atoms with E-state index in [-0.39, 0.29) is 0 Å². The van der Waals surface area contributed by atoms with Crippen LogP contribution in [0.15, 0.2) is 60.4 Å². The van der Waals surface area contributed by atoms with Crippen molar-refractivity contribution < 1.29 is 0 Å². The molecule has 0 aliphatic carbocycles. The molecule has 190 valence electrons. The Morgan fingerprint density at radius 1 is 0.714 bits per heavy atom. The molecule has 0 spiro atoms. The largest absolute Gasteiger partial charge is 0.389 e. The van der Waals surface area contributed by atoms with Gasteiger partial charge in [0.1, 0.15) is 0 Å². The van der Waals surface area contributed by atoms with Crippen LogP contribution < -0.4 is 9.13 Å². The molecular weight excluding hydrogens is 487 g/mol. The van der Waals surface area contributed by atoms with E-state index in [0.29, 0.717) is 29.2 Å². The Labute approximate surface area is 224 Å². The average Bonchev–Trinajstić information content (AvgIpc) is 2.78. The Hall–Kier alpha value is -1.68. The summed E-state index contributed by atoms with van der Waals surface area (Å²) in [4.78, 5) is 0. The first-order valence-electron chi connectivity index (χ1n) is 12.8. The Morgan fingerprint density at radius 2 is 1.06 bits per heavy atom. The highest BCUT2D eigenvalue weighted by molar-refractivity contribution is 7.26. The van der Waals surface area contributed by atoms with Crippen LogP contribution >= 0.6 is 22.7 Å². The van der Waals surface area contributed by atoms with Crippen LogP contribution in [-0.4, -0.2) is 13.2 Å². The van der Waals surface area contributed by atoms with E-state index >= 15 is 0 Å². The van der Waals surface area contributed by atoms with Gasteiger partial charge in [0, 0.05) is 22.8 Å². The maximum Gasteiger partial charge on any atom is 0.389 e. The first-order chi connectivity index (χ1) is 16.4. The van der Waals surface area contributed by atoms with Crippen LogP contribution in [0, 0.1) is 0 Å². The summed E-state index contributed by atoms with van der Waals surface area (Å²) < 4.78 is 4.74. The molecule has 2 nitrogen and oxygen atoms in total. The molecule has 1 atom stereocenters. The number of hydrogen-bond acceptors (Lipinski definition) is 2. The number of benzene rings is 2. The number of para-hydroxylation sites is 2. The highest BCUT2D eigenvalue weighted by atomic mass is 35.6. The first kappa shape index (κ1) is 27.9. The van der Waals surface area contributed by atoms with Gasteiger partial charge in [-0.05, 0) is 58.9 Å². The molecule has 1 aliphatic heterocycles. The van der Waals surface area contributed by atoms with Gasteiger partial charge < -0.3 is 9.13 Å². The van der Waals surface area contributed by atoms with Gasteiger partial charge in [-0.15, -0.1) is 22.7 Å². The molecule has 1 aliphatic rings. The smallest absolute Gasteiger partial charge is 0.341 e. The molecule has 0 bridgehead atoms. The molecule has 35 heavy (non-hydrogen) atoms. The molecule has 0 saturated carbocycles. The summed E-state index contributed by atoms with van der Waals surface area (Å²) in [6.45, 7) is 24.7. The van der Waals surface area contributed by atoms with E-state index in [9.17, 15) is 0 Å². The molecule has 0 amide bonds. The van der Waals surface area contributed by atoms with Crippen molar-refractivity contribution in [2.45, 2.75) is 86.0 Å². The van der Waals surface area contributed by atoms with Crippen LogP contribution in [-0.2, 0) is 0 Å². The second kappa shape index (κ2) is 10.7. The molecule has 0 fully saturated rings. The molecule has 1 unspecified atom stereocenters. The van der Waals surface area contributed by atoms with Gasteiger partial charge in [0.2, 0.25) is 0 Å². The first-order valence-corrected chi connectivity index (χ1v) is 16.5. The van der Waals surface area contributed by atoms with Crippen molar-refractivity contribution in [3.05, 3.63) is 82.7 Å². The zero-order chi connectivity index (χ0) is 26.2. The van der Waals surface area contributed by atoms with Crippen LogP contribution in [0.25, 0.3) is 0 Å². The molecule has 0 aromatic heterocycles. The average molecular weight is 530 g/mol. The van der Waals surface area contributed by atoms with E-state index in [2.05, 4.69) is 120 Å². The van der Waals surface area contributed by atoms with Crippen molar-refractivity contribution in [3.8, 4) is 0 Å². The maximum atomic E-state index is 7.91. The van der Waals surface area contributed by atoms with E-state index in [1.807, 2.05) is 0 Å². The third-order valence-corrected chi connectivity index (χ3v) is 12.7. The quantitative estimate of drug-likeness (QED) is 0.200. The fourth-order valence-corrected chi connectivity index (χ4v) is 9.98. The minimum Gasteiger partial charge on any atom is -0.341 e. The number of allylic oxidation sites excluding steroid dienone is 2. The summed E-state index contributed by atoms with van der Waals surface area (Å²) in [5.74, 6) is 1.40. The number of nitrogens with zero attached hydrogens (tertiary/aromatic N) is 2. The molecule has 2 aromatic carbocycles. The monoisotopic (exact) mass is 528 g/mol. The number of rotatable bonds is 7. The van der Waals surface area contributed by atoms with E-state index in [4.69, 9.17) is 22.7 Å². The molecular formula is C30H42Cl2N2Si. The van der Waals surface area contributed by atoms with Crippen LogP contribution in [0.5, 0.6) is 0 Å². The van der Waals surface area contributed by atoms with Crippen molar-refractivity contribution in [3.63, 3.8) is 0 Å². The van der Waals surface area contributed by atoms with Crippen LogP contribution in [0.2, 0.25) is 0 Å². The Bertz CT molecular complexity index is 1070. The Morgan fingerprint density at radius 3 is 1.37 bits per heavy atom. The number of halogens is 2. The second-order valence-electron chi connectivity index (χ2n) is 11.0. The summed E-state index contributed by atoms with van der Waals surface area (Å²) in [7, 11) is -3.05. The SMILES string of the molecule is C=C1C=C(C)N(c2c(C(C)C)cccc2C(C)C)[Si](Cl)(CCl)N1c1c(C(C)C)cccc1C(C)C. The van der Waals surface area contributed by atoms with Gasteiger partial charge in [-0.2, -0.15) is 0 Å². The van der Waals surface area contributed by atoms with Gasteiger partial charge in [-0.25, -0.2) is 0 Å². The molecule has 0 saturated heterocycles. The van der Waals surface area contributed by atoms with Gasteiger partial charge in [0.25, 0.3) is 0 Å². The van der Waals surface area contributed by atoms with E-state index < -0.39 is 7.71 Å². The summed E-state index contributed by atoms with van der Waals surface area (Å²) in [6.07, 6.45) is 2.18. The van der Waals surface area contributed by atoms with Crippen LogP contribution in [0.3, 0.4) is 0 Å². The minimum atomic E-state index is -3.05. The summed E-state index contributed by atoms with van der Waals surface area (Å²) >= 11 is 14.9. The standard InChI is InChI=1S/C30H42Cl2N2Si/c1-19(2)25-13-11-14-26(20(3)4)29(25)33-23(9)17-24(10)34(35(33,32)18-31)30-27(21(5)6)15-12-16-28(30)22(7)8/h11-17,19-22H,9,18H2,1-8,10H3. The highest BCUT2D eigenvalue weighted by Gasteiger charge is 2.52. The normalized spacial score (nSPS) is 18.9. The second-order valence-corrected chi connectivity index (χ2v) is 16.2. The predicted octanol–water partition coefficient (Wildman–Crippen LogP) is 9.88. The van der Waals surface area contributed by atoms with Gasteiger partial charge in [0.05, 0.1) is 5.50 Å². The van der Waals surface area contributed by atoms with Gasteiger partial charge in [0.15, 0.2) is 0 Å². The fourth-order valence-electron chi connectivity index (χ4n) is 5.28. The lowest BCUT2D eigenvalue weighted by molar-refractivity contribution is 0.822. The van der Waals surface area contributed by atoms with E-state index in [1.54, 1.807) is 0 Å². The lowest BCUT2D eigenvalue weighted by Gasteiger charge is -2.52. The molecule has 1 heterocycles. The number of anilines is 2. The van der Waals surface area contributed by atoms with Crippen molar-refractivity contribution in [2.75, 3.05) is 14.6 Å². The lowest BCUT2D eigenvalue weighted by atomic mass is 9.92. The maximum absolute atomic E-state index is 7.91. The van der Waals surface area contributed by atoms with Crippen LogP contribution in [0.4, 0.5) is 11.4 Å². The van der Waals surface area contributed by atoms with Crippen molar-refractivity contribution in [2.24, 2.45) is 0 Å². The van der Waals surface area contributed by atoms with Gasteiger partial charge in [-0.1, -0.05) is 98.4 Å². The summed E-state index contributed by atoms with van der Waals surface area (Å²) in [6, 6.07) is 13.3. The fraction of sp³-hybridized carbons (Fsp3) is 0.467. The van der Waals surface area contributed by atoms with Crippen LogP contribution in [0.1, 0.15) is 108 Å². The molecule has 0 N–H and O–H groups in total. The third-order valence-electron chi connectivity index (χ3n) is 7.00. The van der Waals surface area contributed by atoms with Crippen molar-refractivity contribution in [1.29, 1.82) is 0 Å². The lowest BCUT2D eigenvalue weighted by Crippen LogP contribution is -2.66. The summed E-state index contributed by atoms with van der Waals surface area (Å²) in [5.41, 5.74) is 9.96. The molecule has 0 radical (unpaired) electrons. The third kappa shape index (κ3) is 4.97. The van der Waals surface area contributed by atoms with Gasteiger partial charge in [-0.3, -0.25) is 0 Å². The van der Waals surface area contributed by atoms with Crippen molar-refractivity contribution >= 4 is 41.8 Å². The Kier molecular flexibility index (Phi) is 8.56. The topological polar surface area (TPSA) is 6.48 Å². The molecule has 5 heteroatoms. The molecule has 3 rings (SSSR count).